The van der Waals surface area contributed by atoms with Gasteiger partial charge >= 0.3 is 0 Å². The summed E-state index contributed by atoms with van der Waals surface area (Å²) in [5.41, 5.74) is 6.36. The summed E-state index contributed by atoms with van der Waals surface area (Å²) in [7, 11) is 0. The van der Waals surface area contributed by atoms with Gasteiger partial charge in [0.2, 0.25) is 17.2 Å². The van der Waals surface area contributed by atoms with Gasteiger partial charge in [0.1, 0.15) is 0 Å². The highest BCUT2D eigenvalue weighted by atomic mass is 16.4. The zero-order valence-electron chi connectivity index (χ0n) is 11.0. The Balaban J connectivity index is 2.32. The average molecular weight is 301 g/mol. The van der Waals surface area contributed by atoms with Crippen LogP contribution in [0.5, 0.6) is 28.7 Å². The number of aromatic hydroxyl groups is 5. The second kappa shape index (κ2) is 4.32. The van der Waals surface area contributed by atoms with Crippen LogP contribution >= 0.6 is 0 Å². The first-order valence-corrected chi connectivity index (χ1v) is 6.18. The molecule has 7 nitrogen and oxygen atoms in total. The lowest BCUT2D eigenvalue weighted by Crippen LogP contribution is -1.95. The second-order valence-corrected chi connectivity index (χ2v) is 4.85. The van der Waals surface area contributed by atoms with Gasteiger partial charge in [0.05, 0.1) is 5.56 Å². The normalized spacial score (nSPS) is 13.1. The van der Waals surface area contributed by atoms with Gasteiger partial charge in [0.25, 0.3) is 0 Å². The number of ketones is 1. The summed E-state index contributed by atoms with van der Waals surface area (Å²) >= 11 is 0. The molecule has 0 heterocycles. The number of nitrogen functional groups attached to an aromatic ring is 1. The SMILES string of the molecule is Nc1ccc2c(c1)C(=O)C=C2c1c(O)c(O)c(O)c(O)c1O. The van der Waals surface area contributed by atoms with Gasteiger partial charge in [-0.3, -0.25) is 4.79 Å². The van der Waals surface area contributed by atoms with Gasteiger partial charge in [0, 0.05) is 16.8 Å². The molecule has 0 saturated heterocycles. The third-order valence-electron chi connectivity index (χ3n) is 3.51. The van der Waals surface area contributed by atoms with Crippen LogP contribution in [0.25, 0.3) is 5.57 Å². The van der Waals surface area contributed by atoms with E-state index in [0.717, 1.165) is 6.08 Å². The molecule has 2 aromatic carbocycles. The van der Waals surface area contributed by atoms with Crippen LogP contribution in [0, 0.1) is 0 Å². The number of phenolic OH excluding ortho intramolecular Hbond substituents is 5. The first-order valence-electron chi connectivity index (χ1n) is 6.18. The Morgan fingerprint density at radius 2 is 1.32 bits per heavy atom. The summed E-state index contributed by atoms with van der Waals surface area (Å²) in [6.07, 6.45) is 1.13. The molecular formula is C15H11NO6. The van der Waals surface area contributed by atoms with Crippen molar-refractivity contribution in [3.8, 4) is 28.7 Å². The number of anilines is 1. The molecule has 112 valence electrons. The van der Waals surface area contributed by atoms with Gasteiger partial charge < -0.3 is 31.3 Å². The molecule has 0 atom stereocenters. The molecule has 0 radical (unpaired) electrons. The first-order chi connectivity index (χ1) is 10.3. The van der Waals surface area contributed by atoms with E-state index < -0.39 is 34.5 Å². The molecule has 0 aliphatic heterocycles. The number of rotatable bonds is 1. The van der Waals surface area contributed by atoms with Crippen LogP contribution in [0.1, 0.15) is 21.5 Å². The van der Waals surface area contributed by atoms with Crippen molar-refractivity contribution in [1.29, 1.82) is 0 Å². The van der Waals surface area contributed by atoms with Crippen molar-refractivity contribution in [2.45, 2.75) is 0 Å². The fraction of sp³-hybridized carbons (Fsp3) is 0. The molecule has 0 spiro atoms. The lowest BCUT2D eigenvalue weighted by molar-refractivity contribution is 0.105. The summed E-state index contributed by atoms with van der Waals surface area (Å²) in [5, 5.41) is 48.5. The molecule has 1 aliphatic carbocycles. The number of hydrogen-bond donors (Lipinski definition) is 6. The van der Waals surface area contributed by atoms with Crippen LogP contribution in [0.3, 0.4) is 0 Å². The molecule has 0 amide bonds. The van der Waals surface area contributed by atoms with E-state index in [1.165, 1.54) is 18.2 Å². The Labute approximate surface area is 123 Å². The maximum atomic E-state index is 12.0. The van der Waals surface area contributed by atoms with Crippen LogP contribution < -0.4 is 5.73 Å². The minimum absolute atomic E-state index is 0.0978. The molecule has 0 unspecified atom stereocenters. The fourth-order valence-electron chi connectivity index (χ4n) is 2.43. The molecule has 7 heteroatoms. The predicted molar refractivity (Wildman–Crippen MR) is 77.0 cm³/mol. The molecule has 0 fully saturated rings. The highest BCUT2D eigenvalue weighted by Crippen LogP contribution is 2.54. The van der Waals surface area contributed by atoms with Gasteiger partial charge in [0.15, 0.2) is 17.3 Å². The van der Waals surface area contributed by atoms with Crippen molar-refractivity contribution < 1.29 is 30.3 Å². The first kappa shape index (κ1) is 13.6. The molecular weight excluding hydrogens is 290 g/mol. The molecule has 0 bridgehead atoms. The summed E-state index contributed by atoms with van der Waals surface area (Å²) in [4.78, 5) is 12.0. The molecule has 2 aromatic rings. The van der Waals surface area contributed by atoms with Crippen LogP contribution in [0.15, 0.2) is 24.3 Å². The summed E-state index contributed by atoms with van der Waals surface area (Å²) in [6.45, 7) is 0. The Bertz CT molecular complexity index is 840. The predicted octanol–water partition coefficient (Wildman–Crippen LogP) is 1.42. The minimum Gasteiger partial charge on any atom is -0.504 e. The number of benzene rings is 2. The Morgan fingerprint density at radius 3 is 1.91 bits per heavy atom. The lowest BCUT2D eigenvalue weighted by atomic mass is 9.96. The van der Waals surface area contributed by atoms with Gasteiger partial charge in [-0.1, -0.05) is 6.07 Å². The molecule has 7 N–H and O–H groups in total. The van der Waals surface area contributed by atoms with E-state index in [1.54, 1.807) is 0 Å². The van der Waals surface area contributed by atoms with Crippen molar-refractivity contribution in [2.75, 3.05) is 5.73 Å². The topological polar surface area (TPSA) is 144 Å². The summed E-state index contributed by atoms with van der Waals surface area (Å²) in [5.74, 6) is -5.15. The van der Waals surface area contributed by atoms with E-state index >= 15 is 0 Å². The van der Waals surface area contributed by atoms with Crippen LogP contribution in [-0.2, 0) is 0 Å². The van der Waals surface area contributed by atoms with Gasteiger partial charge in [-0.05, 0) is 23.8 Å². The molecule has 3 rings (SSSR count). The number of phenols is 5. The maximum absolute atomic E-state index is 12.0. The van der Waals surface area contributed by atoms with E-state index in [9.17, 15) is 30.3 Å². The van der Waals surface area contributed by atoms with E-state index in [-0.39, 0.29) is 16.7 Å². The molecule has 0 saturated carbocycles. The lowest BCUT2D eigenvalue weighted by Gasteiger charge is -2.14. The van der Waals surface area contributed by atoms with Crippen LogP contribution in [0.4, 0.5) is 5.69 Å². The van der Waals surface area contributed by atoms with Crippen molar-refractivity contribution in [3.05, 3.63) is 41.0 Å². The zero-order chi connectivity index (χ0) is 16.2. The molecule has 22 heavy (non-hydrogen) atoms. The van der Waals surface area contributed by atoms with Gasteiger partial charge in [-0.25, -0.2) is 0 Å². The van der Waals surface area contributed by atoms with Crippen molar-refractivity contribution in [3.63, 3.8) is 0 Å². The van der Waals surface area contributed by atoms with Crippen LogP contribution in [0.2, 0.25) is 0 Å². The number of carbonyl (C=O) groups is 1. The highest BCUT2D eigenvalue weighted by molar-refractivity contribution is 6.20. The number of carbonyl (C=O) groups excluding carboxylic acids is 1. The van der Waals surface area contributed by atoms with Crippen molar-refractivity contribution >= 4 is 17.0 Å². The summed E-state index contributed by atoms with van der Waals surface area (Å²) in [6, 6.07) is 4.48. The van der Waals surface area contributed by atoms with Gasteiger partial charge in [-0.15, -0.1) is 0 Å². The Kier molecular flexibility index (Phi) is 2.68. The van der Waals surface area contributed by atoms with Crippen molar-refractivity contribution in [2.24, 2.45) is 0 Å². The van der Waals surface area contributed by atoms with Crippen LogP contribution in [-0.4, -0.2) is 31.3 Å². The Hall–Kier alpha value is -3.35. The molecule has 1 aliphatic rings. The quantitative estimate of drug-likeness (QED) is 0.265. The zero-order valence-corrected chi connectivity index (χ0v) is 11.0. The number of hydrogen-bond acceptors (Lipinski definition) is 7. The standard InChI is InChI=1S/C15H11NO6/c16-5-1-2-6-7(3-5)9(17)4-8(6)10-11(18)13(20)15(22)14(21)12(10)19/h1-4,18-22H,16H2. The van der Waals surface area contributed by atoms with E-state index in [4.69, 9.17) is 5.73 Å². The highest BCUT2D eigenvalue weighted by Gasteiger charge is 2.31. The second-order valence-electron chi connectivity index (χ2n) is 4.85. The van der Waals surface area contributed by atoms with Crippen molar-refractivity contribution in [1.82, 2.24) is 0 Å². The number of allylic oxidation sites excluding steroid dienone is 1. The maximum Gasteiger partial charge on any atom is 0.208 e. The largest absolute Gasteiger partial charge is 0.504 e. The third kappa shape index (κ3) is 1.65. The number of nitrogens with two attached hydrogens (primary N) is 1. The minimum atomic E-state index is -1.05. The van der Waals surface area contributed by atoms with Gasteiger partial charge in [-0.2, -0.15) is 0 Å². The molecule has 0 aromatic heterocycles. The Morgan fingerprint density at radius 1 is 0.773 bits per heavy atom. The monoisotopic (exact) mass is 301 g/mol. The van der Waals surface area contributed by atoms with E-state index in [1.807, 2.05) is 0 Å². The fourth-order valence-corrected chi connectivity index (χ4v) is 2.43. The number of fused-ring (bicyclic) bond motifs is 1. The average Bonchev–Trinajstić information content (AvgIpc) is 2.80. The smallest absolute Gasteiger partial charge is 0.208 e. The third-order valence-corrected chi connectivity index (χ3v) is 3.51. The summed E-state index contributed by atoms with van der Waals surface area (Å²) < 4.78 is 0. The van der Waals surface area contributed by atoms with E-state index in [0.29, 0.717) is 11.3 Å². The van der Waals surface area contributed by atoms with E-state index in [2.05, 4.69) is 0 Å².